The van der Waals surface area contributed by atoms with Crippen molar-refractivity contribution in [1.82, 2.24) is 4.98 Å². The molecule has 0 aliphatic rings. The SMILES string of the molecule is NOC(=O)c1cc(O)cnc1Cl. The Morgan fingerprint density at radius 2 is 2.42 bits per heavy atom. The van der Waals surface area contributed by atoms with E-state index in [0.717, 1.165) is 12.3 Å². The molecule has 1 rings (SSSR count). The van der Waals surface area contributed by atoms with Crippen LogP contribution in [0.15, 0.2) is 12.3 Å². The molecule has 0 saturated carbocycles. The van der Waals surface area contributed by atoms with E-state index >= 15 is 0 Å². The van der Waals surface area contributed by atoms with E-state index in [0.29, 0.717) is 0 Å². The predicted octanol–water partition coefficient (Wildman–Crippen LogP) is 0.471. The van der Waals surface area contributed by atoms with E-state index in [2.05, 4.69) is 15.7 Å². The zero-order chi connectivity index (χ0) is 9.14. The summed E-state index contributed by atoms with van der Waals surface area (Å²) < 4.78 is 0. The minimum absolute atomic E-state index is 0.0664. The van der Waals surface area contributed by atoms with Crippen LogP contribution in [0.4, 0.5) is 0 Å². The minimum Gasteiger partial charge on any atom is -0.506 e. The fourth-order valence-corrected chi connectivity index (χ4v) is 0.824. The molecule has 0 atom stereocenters. The molecule has 0 aliphatic carbocycles. The molecule has 0 fully saturated rings. The average molecular weight is 189 g/mol. The molecule has 1 aromatic rings. The maximum absolute atomic E-state index is 10.8. The largest absolute Gasteiger partial charge is 0.506 e. The van der Waals surface area contributed by atoms with Crippen LogP contribution in [0.3, 0.4) is 0 Å². The van der Waals surface area contributed by atoms with Crippen molar-refractivity contribution in [3.8, 4) is 5.75 Å². The van der Waals surface area contributed by atoms with Gasteiger partial charge in [0.05, 0.1) is 6.20 Å². The first-order chi connectivity index (χ1) is 5.65. The minimum atomic E-state index is -0.844. The Labute approximate surface area is 72.7 Å². The maximum Gasteiger partial charge on any atom is 0.359 e. The van der Waals surface area contributed by atoms with E-state index in [9.17, 15) is 4.79 Å². The van der Waals surface area contributed by atoms with Crippen LogP contribution in [0.25, 0.3) is 0 Å². The van der Waals surface area contributed by atoms with Gasteiger partial charge in [0.2, 0.25) is 0 Å². The van der Waals surface area contributed by atoms with E-state index < -0.39 is 5.97 Å². The van der Waals surface area contributed by atoms with Crippen LogP contribution < -0.4 is 5.90 Å². The first kappa shape index (κ1) is 8.76. The lowest BCUT2D eigenvalue weighted by atomic mass is 10.3. The van der Waals surface area contributed by atoms with Gasteiger partial charge in [-0.1, -0.05) is 11.6 Å². The Morgan fingerprint density at radius 1 is 1.75 bits per heavy atom. The highest BCUT2D eigenvalue weighted by Crippen LogP contribution is 2.18. The highest BCUT2D eigenvalue weighted by Gasteiger charge is 2.12. The summed E-state index contributed by atoms with van der Waals surface area (Å²) in [6.45, 7) is 0. The Morgan fingerprint density at radius 3 is 3.00 bits per heavy atom. The van der Waals surface area contributed by atoms with E-state index in [-0.39, 0.29) is 16.5 Å². The molecular weight excluding hydrogens is 184 g/mol. The zero-order valence-corrected chi connectivity index (χ0v) is 6.58. The number of nitrogens with two attached hydrogens (primary N) is 1. The van der Waals surface area contributed by atoms with Crippen LogP contribution in [-0.2, 0) is 4.84 Å². The number of pyridine rings is 1. The van der Waals surface area contributed by atoms with E-state index in [1.807, 2.05) is 0 Å². The van der Waals surface area contributed by atoms with Crippen LogP contribution in [0.2, 0.25) is 5.15 Å². The summed E-state index contributed by atoms with van der Waals surface area (Å²) in [6, 6.07) is 1.12. The number of halogens is 1. The normalized spacial score (nSPS) is 9.50. The van der Waals surface area contributed by atoms with E-state index in [4.69, 9.17) is 16.7 Å². The van der Waals surface area contributed by atoms with Gasteiger partial charge in [-0.15, -0.1) is 0 Å². The molecular formula is C6H5ClN2O3. The van der Waals surface area contributed by atoms with Crippen LogP contribution in [0.1, 0.15) is 10.4 Å². The van der Waals surface area contributed by atoms with Crippen LogP contribution in [0, 0.1) is 0 Å². The predicted molar refractivity (Wildman–Crippen MR) is 40.5 cm³/mol. The molecule has 0 amide bonds. The van der Waals surface area contributed by atoms with Gasteiger partial charge in [-0.05, 0) is 6.07 Å². The number of aromatic nitrogens is 1. The molecule has 6 heteroatoms. The van der Waals surface area contributed by atoms with Gasteiger partial charge < -0.3 is 9.94 Å². The molecule has 1 heterocycles. The van der Waals surface area contributed by atoms with E-state index in [1.54, 1.807) is 0 Å². The summed E-state index contributed by atoms with van der Waals surface area (Å²) in [4.78, 5) is 18.2. The fraction of sp³-hybridized carbons (Fsp3) is 0. The Kier molecular flexibility index (Phi) is 2.47. The summed E-state index contributed by atoms with van der Waals surface area (Å²) in [5.41, 5.74) is -0.0702. The first-order valence-corrected chi connectivity index (χ1v) is 3.28. The van der Waals surface area contributed by atoms with Gasteiger partial charge in [-0.2, -0.15) is 5.90 Å². The third kappa shape index (κ3) is 1.63. The van der Waals surface area contributed by atoms with Crippen molar-refractivity contribution in [2.75, 3.05) is 0 Å². The topological polar surface area (TPSA) is 85.4 Å². The summed E-state index contributed by atoms with van der Waals surface area (Å²) in [5, 5.41) is 8.85. The molecule has 0 unspecified atom stereocenters. The molecule has 0 radical (unpaired) electrons. The second-order valence-corrected chi connectivity index (χ2v) is 2.30. The lowest BCUT2D eigenvalue weighted by Gasteiger charge is -1.99. The smallest absolute Gasteiger partial charge is 0.359 e. The average Bonchev–Trinajstić information content (AvgIpc) is 2.08. The molecule has 0 spiro atoms. The number of carbonyl (C=O) groups is 1. The lowest BCUT2D eigenvalue weighted by Crippen LogP contribution is -2.10. The van der Waals surface area contributed by atoms with Crippen molar-refractivity contribution in [1.29, 1.82) is 0 Å². The van der Waals surface area contributed by atoms with Gasteiger partial charge in [0.1, 0.15) is 16.5 Å². The van der Waals surface area contributed by atoms with Crippen LogP contribution >= 0.6 is 11.6 Å². The molecule has 0 aliphatic heterocycles. The van der Waals surface area contributed by atoms with Gasteiger partial charge >= 0.3 is 5.97 Å². The number of nitrogens with zero attached hydrogens (tertiary/aromatic N) is 1. The first-order valence-electron chi connectivity index (χ1n) is 2.90. The van der Waals surface area contributed by atoms with Crippen molar-refractivity contribution in [3.63, 3.8) is 0 Å². The van der Waals surface area contributed by atoms with Crippen molar-refractivity contribution >= 4 is 17.6 Å². The van der Waals surface area contributed by atoms with Gasteiger partial charge in [0, 0.05) is 0 Å². The van der Waals surface area contributed by atoms with Crippen LogP contribution in [-0.4, -0.2) is 16.1 Å². The highest BCUT2D eigenvalue weighted by atomic mass is 35.5. The van der Waals surface area contributed by atoms with Crippen molar-refractivity contribution < 1.29 is 14.7 Å². The summed E-state index contributed by atoms with van der Waals surface area (Å²) in [5.74, 6) is 3.58. The summed E-state index contributed by atoms with van der Waals surface area (Å²) >= 11 is 5.49. The molecule has 5 nitrogen and oxygen atoms in total. The molecule has 1 aromatic heterocycles. The fourth-order valence-electron chi connectivity index (χ4n) is 0.644. The number of carbonyl (C=O) groups excluding carboxylic acids is 1. The number of hydrogen-bond acceptors (Lipinski definition) is 5. The standard InChI is InChI=1S/C6H5ClN2O3/c7-5-4(6(11)12-8)1-3(10)2-9-5/h1-2,10H,8H2. The molecule has 12 heavy (non-hydrogen) atoms. The van der Waals surface area contributed by atoms with Crippen molar-refractivity contribution in [2.45, 2.75) is 0 Å². The lowest BCUT2D eigenvalue weighted by molar-refractivity contribution is 0.0502. The van der Waals surface area contributed by atoms with E-state index in [1.165, 1.54) is 0 Å². The van der Waals surface area contributed by atoms with Crippen molar-refractivity contribution in [2.24, 2.45) is 5.90 Å². The van der Waals surface area contributed by atoms with Crippen molar-refractivity contribution in [3.05, 3.63) is 23.0 Å². The molecule has 0 aromatic carbocycles. The number of rotatable bonds is 1. The second-order valence-electron chi connectivity index (χ2n) is 1.94. The van der Waals surface area contributed by atoms with Crippen LogP contribution in [0.5, 0.6) is 5.75 Å². The summed E-state index contributed by atoms with van der Waals surface area (Å²) in [6.07, 6.45) is 1.11. The van der Waals surface area contributed by atoms with Gasteiger partial charge in [-0.25, -0.2) is 9.78 Å². The Hall–Kier alpha value is -1.33. The second kappa shape index (κ2) is 3.38. The zero-order valence-electron chi connectivity index (χ0n) is 5.82. The van der Waals surface area contributed by atoms with Gasteiger partial charge in [-0.3, -0.25) is 0 Å². The molecule has 3 N–H and O–H groups in total. The number of hydrogen-bond donors (Lipinski definition) is 2. The Balaban J connectivity index is 3.13. The van der Waals surface area contributed by atoms with Gasteiger partial charge in [0.25, 0.3) is 0 Å². The summed E-state index contributed by atoms with van der Waals surface area (Å²) in [7, 11) is 0. The third-order valence-electron chi connectivity index (χ3n) is 1.15. The monoisotopic (exact) mass is 188 g/mol. The Bertz CT molecular complexity index is 316. The quantitative estimate of drug-likeness (QED) is 0.494. The molecule has 0 saturated heterocycles. The molecule has 0 bridgehead atoms. The third-order valence-corrected chi connectivity index (χ3v) is 1.45. The highest BCUT2D eigenvalue weighted by molar-refractivity contribution is 6.32. The number of aromatic hydroxyl groups is 1. The van der Waals surface area contributed by atoms with Gasteiger partial charge in [0.15, 0.2) is 0 Å². The maximum atomic E-state index is 10.8. The molecule has 64 valence electrons.